The van der Waals surface area contributed by atoms with E-state index < -0.39 is 5.82 Å². The Hall–Kier alpha value is -2.21. The second-order valence-corrected chi connectivity index (χ2v) is 4.96. The van der Waals surface area contributed by atoms with Crippen LogP contribution in [0.3, 0.4) is 0 Å². The molecule has 0 aromatic carbocycles. The van der Waals surface area contributed by atoms with Crippen LogP contribution in [-0.2, 0) is 4.79 Å². The first-order valence-electron chi connectivity index (χ1n) is 6.21. The number of rotatable bonds is 4. The van der Waals surface area contributed by atoms with Crippen molar-refractivity contribution in [3.63, 3.8) is 0 Å². The van der Waals surface area contributed by atoms with Crippen molar-refractivity contribution in [3.05, 3.63) is 47.0 Å². The molecule has 0 radical (unpaired) electrons. The Morgan fingerprint density at radius 2 is 2.24 bits per heavy atom. The van der Waals surface area contributed by atoms with E-state index in [2.05, 4.69) is 15.3 Å². The SMILES string of the molecule is Cc1cccc(NC(=O)CN(C)c2ncc(Cl)cc2F)n1. The van der Waals surface area contributed by atoms with E-state index in [9.17, 15) is 9.18 Å². The quantitative estimate of drug-likeness (QED) is 0.943. The average Bonchev–Trinajstić information content (AvgIpc) is 2.38. The average molecular weight is 309 g/mol. The van der Waals surface area contributed by atoms with E-state index in [0.29, 0.717) is 5.82 Å². The van der Waals surface area contributed by atoms with E-state index in [-0.39, 0.29) is 23.3 Å². The fourth-order valence-corrected chi connectivity index (χ4v) is 1.92. The number of hydrogen-bond donors (Lipinski definition) is 1. The van der Waals surface area contributed by atoms with Crippen molar-refractivity contribution in [1.82, 2.24) is 9.97 Å². The summed E-state index contributed by atoms with van der Waals surface area (Å²) in [5.74, 6) is -0.372. The third kappa shape index (κ3) is 4.13. The molecule has 1 amide bonds. The molecule has 0 bridgehead atoms. The number of aryl methyl sites for hydroxylation is 1. The largest absolute Gasteiger partial charge is 0.348 e. The Morgan fingerprint density at radius 1 is 1.48 bits per heavy atom. The number of pyridine rings is 2. The number of nitrogens with one attached hydrogen (secondary N) is 1. The zero-order valence-electron chi connectivity index (χ0n) is 11.6. The predicted molar refractivity (Wildman–Crippen MR) is 80.1 cm³/mol. The molecule has 2 aromatic heterocycles. The molecule has 0 spiro atoms. The molecular formula is C14H14ClFN4O. The van der Waals surface area contributed by atoms with Crippen LogP contribution >= 0.6 is 11.6 Å². The smallest absolute Gasteiger partial charge is 0.245 e. The minimum Gasteiger partial charge on any atom is -0.348 e. The van der Waals surface area contributed by atoms with Gasteiger partial charge in [-0.15, -0.1) is 0 Å². The summed E-state index contributed by atoms with van der Waals surface area (Å²) in [5, 5.41) is 2.85. The number of carbonyl (C=O) groups is 1. The van der Waals surface area contributed by atoms with Gasteiger partial charge in [-0.2, -0.15) is 0 Å². The number of aromatic nitrogens is 2. The summed E-state index contributed by atoms with van der Waals surface area (Å²) in [6.45, 7) is 1.77. The standard InChI is InChI=1S/C14H14ClFN4O/c1-9-4-3-5-12(18-9)19-13(21)8-20(2)14-11(16)6-10(15)7-17-14/h3-7H,8H2,1-2H3,(H,18,19,21). The number of nitrogens with zero attached hydrogens (tertiary/aromatic N) is 3. The molecule has 0 saturated carbocycles. The molecule has 0 fully saturated rings. The second kappa shape index (κ2) is 6.49. The van der Waals surface area contributed by atoms with Gasteiger partial charge in [-0.3, -0.25) is 4.79 Å². The topological polar surface area (TPSA) is 58.1 Å². The highest BCUT2D eigenvalue weighted by molar-refractivity contribution is 6.30. The molecule has 0 saturated heterocycles. The highest BCUT2D eigenvalue weighted by Gasteiger charge is 2.13. The first-order valence-corrected chi connectivity index (χ1v) is 6.59. The molecule has 0 aliphatic heterocycles. The lowest BCUT2D eigenvalue weighted by Crippen LogP contribution is -2.31. The minimum absolute atomic E-state index is 0.0544. The lowest BCUT2D eigenvalue weighted by atomic mass is 10.3. The van der Waals surface area contributed by atoms with E-state index in [4.69, 9.17) is 11.6 Å². The summed E-state index contributed by atoms with van der Waals surface area (Å²) in [5.41, 5.74) is 0.798. The molecule has 7 heteroatoms. The maximum Gasteiger partial charge on any atom is 0.245 e. The van der Waals surface area contributed by atoms with Crippen molar-refractivity contribution in [1.29, 1.82) is 0 Å². The zero-order valence-corrected chi connectivity index (χ0v) is 12.4. The molecule has 1 N–H and O–H groups in total. The van der Waals surface area contributed by atoms with Gasteiger partial charge in [0.15, 0.2) is 11.6 Å². The van der Waals surface area contributed by atoms with Crippen molar-refractivity contribution in [2.24, 2.45) is 0 Å². The molecule has 0 atom stereocenters. The Bertz CT molecular complexity index is 665. The van der Waals surface area contributed by atoms with E-state index in [1.54, 1.807) is 19.2 Å². The maximum atomic E-state index is 13.7. The predicted octanol–water partition coefficient (Wildman–Crippen LogP) is 2.65. The Balaban J connectivity index is 2.02. The van der Waals surface area contributed by atoms with Gasteiger partial charge in [-0.05, 0) is 25.1 Å². The number of anilines is 2. The van der Waals surface area contributed by atoms with Gasteiger partial charge in [0.1, 0.15) is 5.82 Å². The van der Waals surface area contributed by atoms with Gasteiger partial charge in [0.2, 0.25) is 5.91 Å². The number of halogens is 2. The van der Waals surface area contributed by atoms with Crippen LogP contribution in [0.15, 0.2) is 30.5 Å². The van der Waals surface area contributed by atoms with Gasteiger partial charge >= 0.3 is 0 Å². The number of hydrogen-bond acceptors (Lipinski definition) is 4. The Labute approximate surface area is 126 Å². The van der Waals surface area contributed by atoms with Gasteiger partial charge in [0.05, 0.1) is 11.6 Å². The fraction of sp³-hybridized carbons (Fsp3) is 0.214. The molecule has 5 nitrogen and oxygen atoms in total. The summed E-state index contributed by atoms with van der Waals surface area (Å²) in [7, 11) is 1.57. The molecule has 0 unspecified atom stereocenters. The summed E-state index contributed by atoms with van der Waals surface area (Å²) in [6, 6.07) is 6.46. The fourth-order valence-electron chi connectivity index (χ4n) is 1.77. The molecule has 2 aromatic rings. The Morgan fingerprint density at radius 3 is 2.90 bits per heavy atom. The van der Waals surface area contributed by atoms with Gasteiger partial charge in [-0.1, -0.05) is 17.7 Å². The maximum absolute atomic E-state index is 13.7. The lowest BCUT2D eigenvalue weighted by Gasteiger charge is -2.18. The minimum atomic E-state index is -0.577. The lowest BCUT2D eigenvalue weighted by molar-refractivity contribution is -0.114. The zero-order chi connectivity index (χ0) is 15.4. The number of amides is 1. The van der Waals surface area contributed by atoms with Gasteiger partial charge < -0.3 is 10.2 Å². The van der Waals surface area contributed by atoms with Crippen LogP contribution in [0, 0.1) is 12.7 Å². The number of likely N-dealkylation sites (N-methyl/N-ethyl adjacent to an activating group) is 1. The highest BCUT2D eigenvalue weighted by atomic mass is 35.5. The van der Waals surface area contributed by atoms with E-state index in [0.717, 1.165) is 11.8 Å². The highest BCUT2D eigenvalue weighted by Crippen LogP contribution is 2.18. The monoisotopic (exact) mass is 308 g/mol. The summed E-state index contributed by atoms with van der Waals surface area (Å²) in [4.78, 5) is 21.4. The molecule has 110 valence electrons. The normalized spacial score (nSPS) is 10.3. The van der Waals surface area contributed by atoms with Crippen LogP contribution in [0.25, 0.3) is 0 Å². The van der Waals surface area contributed by atoms with Crippen LogP contribution in [0.5, 0.6) is 0 Å². The molecular weight excluding hydrogens is 295 g/mol. The first-order chi connectivity index (χ1) is 9.95. The molecule has 0 aliphatic carbocycles. The van der Waals surface area contributed by atoms with E-state index >= 15 is 0 Å². The molecule has 0 aliphatic rings. The van der Waals surface area contributed by atoms with Crippen molar-refractivity contribution < 1.29 is 9.18 Å². The number of carbonyl (C=O) groups excluding carboxylic acids is 1. The van der Waals surface area contributed by atoms with E-state index in [1.165, 1.54) is 11.1 Å². The van der Waals surface area contributed by atoms with Crippen LogP contribution < -0.4 is 10.2 Å². The summed E-state index contributed by atoms with van der Waals surface area (Å²) in [6.07, 6.45) is 1.33. The molecule has 2 rings (SSSR count). The Kier molecular flexibility index (Phi) is 4.70. The van der Waals surface area contributed by atoms with Crippen molar-refractivity contribution >= 4 is 29.1 Å². The van der Waals surface area contributed by atoms with Gasteiger partial charge in [0, 0.05) is 18.9 Å². The van der Waals surface area contributed by atoms with Crippen molar-refractivity contribution in [2.45, 2.75) is 6.92 Å². The molecule has 21 heavy (non-hydrogen) atoms. The summed E-state index contributed by atoms with van der Waals surface area (Å²) >= 11 is 5.64. The molecule has 2 heterocycles. The van der Waals surface area contributed by atoms with Crippen molar-refractivity contribution in [3.8, 4) is 0 Å². The van der Waals surface area contributed by atoms with E-state index in [1.807, 2.05) is 13.0 Å². The first kappa shape index (κ1) is 15.2. The van der Waals surface area contributed by atoms with Crippen LogP contribution in [0.1, 0.15) is 5.69 Å². The van der Waals surface area contributed by atoms with Crippen LogP contribution in [-0.4, -0.2) is 29.5 Å². The van der Waals surface area contributed by atoms with Gasteiger partial charge in [-0.25, -0.2) is 14.4 Å². The van der Waals surface area contributed by atoms with Crippen molar-refractivity contribution in [2.75, 3.05) is 23.8 Å². The van der Waals surface area contributed by atoms with Crippen LogP contribution in [0.2, 0.25) is 5.02 Å². The third-order valence-electron chi connectivity index (χ3n) is 2.69. The van der Waals surface area contributed by atoms with Crippen LogP contribution in [0.4, 0.5) is 16.0 Å². The third-order valence-corrected chi connectivity index (χ3v) is 2.89. The second-order valence-electron chi connectivity index (χ2n) is 4.53. The van der Waals surface area contributed by atoms with Gasteiger partial charge in [0.25, 0.3) is 0 Å². The summed E-state index contributed by atoms with van der Waals surface area (Å²) < 4.78 is 13.7.